The van der Waals surface area contributed by atoms with Crippen molar-refractivity contribution in [2.45, 2.75) is 58.6 Å². The van der Waals surface area contributed by atoms with Crippen molar-refractivity contribution in [1.29, 1.82) is 0 Å². The van der Waals surface area contributed by atoms with Gasteiger partial charge in [-0.1, -0.05) is 19.9 Å². The summed E-state index contributed by atoms with van der Waals surface area (Å²) in [5, 5.41) is 3.17. The number of likely N-dealkylation sites (tertiary alicyclic amines) is 1. The number of carbonyl (C=O) groups is 1. The van der Waals surface area contributed by atoms with Crippen LogP contribution in [0.25, 0.3) is 0 Å². The lowest BCUT2D eigenvalue weighted by Crippen LogP contribution is -2.46. The molecule has 0 radical (unpaired) electrons. The summed E-state index contributed by atoms with van der Waals surface area (Å²) in [5.41, 5.74) is 2.54. The second-order valence-electron chi connectivity index (χ2n) is 6.82. The van der Waals surface area contributed by atoms with E-state index in [1.165, 1.54) is 11.1 Å². The highest BCUT2D eigenvalue weighted by atomic mass is 16.5. The van der Waals surface area contributed by atoms with Crippen LogP contribution < -0.4 is 10.1 Å². The molecule has 1 aliphatic heterocycles. The first-order valence-corrected chi connectivity index (χ1v) is 8.66. The van der Waals surface area contributed by atoms with Crippen LogP contribution in [0.3, 0.4) is 0 Å². The van der Waals surface area contributed by atoms with Crippen LogP contribution in [0.2, 0.25) is 0 Å². The quantitative estimate of drug-likeness (QED) is 0.876. The highest BCUT2D eigenvalue weighted by molar-refractivity contribution is 5.81. The van der Waals surface area contributed by atoms with E-state index in [-0.39, 0.29) is 5.91 Å². The van der Waals surface area contributed by atoms with Crippen LogP contribution in [0.1, 0.15) is 50.7 Å². The second kappa shape index (κ2) is 7.82. The zero-order chi connectivity index (χ0) is 17.0. The van der Waals surface area contributed by atoms with E-state index < -0.39 is 6.10 Å². The number of nitrogens with one attached hydrogen (secondary N) is 1. The van der Waals surface area contributed by atoms with E-state index in [0.717, 1.165) is 31.7 Å². The highest BCUT2D eigenvalue weighted by Crippen LogP contribution is 2.25. The lowest BCUT2D eigenvalue weighted by molar-refractivity contribution is -0.138. The Bertz CT molecular complexity index is 542. The normalized spacial score (nSPS) is 19.2. The van der Waals surface area contributed by atoms with Crippen LogP contribution in [0.5, 0.6) is 5.75 Å². The molecule has 1 aromatic carbocycles. The summed E-state index contributed by atoms with van der Waals surface area (Å²) in [6.45, 7) is 10.0. The van der Waals surface area contributed by atoms with Gasteiger partial charge in [-0.3, -0.25) is 4.79 Å². The van der Waals surface area contributed by atoms with Gasteiger partial charge in [0.2, 0.25) is 0 Å². The smallest absolute Gasteiger partial charge is 0.263 e. The molecule has 4 heteroatoms. The molecular weight excluding hydrogens is 288 g/mol. The Morgan fingerprint density at radius 1 is 1.39 bits per heavy atom. The van der Waals surface area contributed by atoms with Crippen LogP contribution in [0, 0.1) is 6.92 Å². The van der Waals surface area contributed by atoms with E-state index in [9.17, 15) is 4.79 Å². The average molecular weight is 318 g/mol. The van der Waals surface area contributed by atoms with Gasteiger partial charge in [-0.05, 0) is 62.9 Å². The zero-order valence-electron chi connectivity index (χ0n) is 15.1. The molecule has 128 valence electrons. The van der Waals surface area contributed by atoms with Crippen molar-refractivity contribution in [1.82, 2.24) is 10.2 Å². The maximum Gasteiger partial charge on any atom is 0.263 e. The molecule has 1 N–H and O–H groups in total. The number of nitrogens with zero attached hydrogens (tertiary/aromatic N) is 1. The standard InChI is InChI=1S/C19H30N2O2/c1-13(2)18-9-8-17(11-14(18)3)23-15(4)19(22)21-10-6-7-16(21)12-20-5/h8-9,11,13,15-16,20H,6-7,10,12H2,1-5H3. The van der Waals surface area contributed by atoms with Gasteiger partial charge in [0.05, 0.1) is 0 Å². The monoisotopic (exact) mass is 318 g/mol. The molecule has 0 bridgehead atoms. The van der Waals surface area contributed by atoms with Crippen LogP contribution in [0.4, 0.5) is 0 Å². The summed E-state index contributed by atoms with van der Waals surface area (Å²) in [4.78, 5) is 14.6. The molecule has 4 nitrogen and oxygen atoms in total. The molecule has 2 atom stereocenters. The fourth-order valence-electron chi connectivity index (χ4n) is 3.43. The minimum absolute atomic E-state index is 0.0911. The predicted octanol–water partition coefficient (Wildman–Crippen LogP) is 3.10. The Kier molecular flexibility index (Phi) is 6.05. The van der Waals surface area contributed by atoms with Crippen LogP contribution in [0.15, 0.2) is 18.2 Å². The first-order chi connectivity index (χ1) is 10.9. The summed E-state index contributed by atoms with van der Waals surface area (Å²) in [7, 11) is 1.93. The molecule has 0 aromatic heterocycles. The van der Waals surface area contributed by atoms with Crippen molar-refractivity contribution in [3.63, 3.8) is 0 Å². The molecule has 2 unspecified atom stereocenters. The summed E-state index contributed by atoms with van der Waals surface area (Å²) in [6.07, 6.45) is 1.70. The van der Waals surface area contributed by atoms with Crippen LogP contribution in [-0.4, -0.2) is 43.1 Å². The first-order valence-electron chi connectivity index (χ1n) is 8.66. The van der Waals surface area contributed by atoms with Gasteiger partial charge < -0.3 is 15.0 Å². The van der Waals surface area contributed by atoms with Crippen molar-refractivity contribution in [3.05, 3.63) is 29.3 Å². The van der Waals surface area contributed by atoms with Crippen molar-refractivity contribution >= 4 is 5.91 Å². The number of rotatable bonds is 6. The van der Waals surface area contributed by atoms with E-state index >= 15 is 0 Å². The Hall–Kier alpha value is -1.55. The minimum Gasteiger partial charge on any atom is -0.481 e. The van der Waals surface area contributed by atoms with Gasteiger partial charge in [0.1, 0.15) is 5.75 Å². The topological polar surface area (TPSA) is 41.6 Å². The number of amides is 1. The maximum absolute atomic E-state index is 12.7. The largest absolute Gasteiger partial charge is 0.481 e. The van der Waals surface area contributed by atoms with Gasteiger partial charge in [0.25, 0.3) is 5.91 Å². The molecule has 1 saturated heterocycles. The molecule has 1 aromatic rings. The number of hydrogen-bond acceptors (Lipinski definition) is 3. The molecule has 1 fully saturated rings. The van der Waals surface area contributed by atoms with Gasteiger partial charge in [-0.25, -0.2) is 0 Å². The number of aryl methyl sites for hydroxylation is 1. The number of carbonyl (C=O) groups excluding carboxylic acids is 1. The lowest BCUT2D eigenvalue weighted by Gasteiger charge is -2.27. The third-order valence-electron chi connectivity index (χ3n) is 4.62. The molecule has 2 rings (SSSR count). The SMILES string of the molecule is CNCC1CCCN1C(=O)C(C)Oc1ccc(C(C)C)c(C)c1. The third kappa shape index (κ3) is 4.25. The highest BCUT2D eigenvalue weighted by Gasteiger charge is 2.31. The minimum atomic E-state index is -0.447. The number of likely N-dealkylation sites (N-methyl/N-ethyl adjacent to an activating group) is 1. The fraction of sp³-hybridized carbons (Fsp3) is 0.632. The summed E-state index contributed by atoms with van der Waals surface area (Å²) >= 11 is 0. The fourth-order valence-corrected chi connectivity index (χ4v) is 3.43. The van der Waals surface area contributed by atoms with Gasteiger partial charge in [-0.15, -0.1) is 0 Å². The van der Waals surface area contributed by atoms with Crippen molar-refractivity contribution in [2.24, 2.45) is 0 Å². The first kappa shape index (κ1) is 17.8. The van der Waals surface area contributed by atoms with Gasteiger partial charge >= 0.3 is 0 Å². The van der Waals surface area contributed by atoms with E-state index in [2.05, 4.69) is 32.2 Å². The van der Waals surface area contributed by atoms with E-state index in [1.54, 1.807) is 0 Å². The molecule has 0 saturated carbocycles. The van der Waals surface area contributed by atoms with Crippen molar-refractivity contribution in [3.8, 4) is 5.75 Å². The van der Waals surface area contributed by atoms with Gasteiger partial charge in [-0.2, -0.15) is 0 Å². The van der Waals surface area contributed by atoms with Crippen molar-refractivity contribution < 1.29 is 9.53 Å². The molecule has 1 heterocycles. The third-order valence-corrected chi connectivity index (χ3v) is 4.62. The summed E-state index contributed by atoms with van der Waals surface area (Å²) < 4.78 is 5.92. The van der Waals surface area contributed by atoms with Gasteiger partial charge in [0, 0.05) is 19.1 Å². The summed E-state index contributed by atoms with van der Waals surface area (Å²) in [5.74, 6) is 1.36. The Morgan fingerprint density at radius 2 is 2.13 bits per heavy atom. The summed E-state index contributed by atoms with van der Waals surface area (Å²) in [6, 6.07) is 6.41. The van der Waals surface area contributed by atoms with E-state index in [0.29, 0.717) is 12.0 Å². The van der Waals surface area contributed by atoms with Crippen LogP contribution in [-0.2, 0) is 4.79 Å². The zero-order valence-corrected chi connectivity index (χ0v) is 15.1. The van der Waals surface area contributed by atoms with Gasteiger partial charge in [0.15, 0.2) is 6.10 Å². The maximum atomic E-state index is 12.7. The molecular formula is C19H30N2O2. The predicted molar refractivity (Wildman–Crippen MR) is 94.0 cm³/mol. The molecule has 0 spiro atoms. The average Bonchev–Trinajstić information content (AvgIpc) is 2.94. The number of ether oxygens (including phenoxy) is 1. The number of hydrogen-bond donors (Lipinski definition) is 1. The molecule has 1 aliphatic rings. The Labute approximate surface area is 140 Å². The lowest BCUT2D eigenvalue weighted by atomic mass is 9.98. The van der Waals surface area contributed by atoms with Crippen molar-refractivity contribution in [2.75, 3.05) is 20.1 Å². The Morgan fingerprint density at radius 3 is 2.74 bits per heavy atom. The molecule has 0 aliphatic carbocycles. The second-order valence-corrected chi connectivity index (χ2v) is 6.82. The molecule has 23 heavy (non-hydrogen) atoms. The van der Waals surface area contributed by atoms with E-state index in [4.69, 9.17) is 4.74 Å². The molecule has 1 amide bonds. The van der Waals surface area contributed by atoms with E-state index in [1.807, 2.05) is 31.0 Å². The number of benzene rings is 1. The van der Waals surface area contributed by atoms with Crippen LogP contribution >= 0.6 is 0 Å². The Balaban J connectivity index is 2.02.